The molecule has 0 saturated carbocycles. The van der Waals surface area contributed by atoms with Crippen LogP contribution >= 0.6 is 0 Å². The Morgan fingerprint density at radius 3 is 2.38 bits per heavy atom. The Kier molecular flexibility index (Phi) is 7.13. The van der Waals surface area contributed by atoms with Crippen LogP contribution in [-0.2, 0) is 20.9 Å². The van der Waals surface area contributed by atoms with Gasteiger partial charge >= 0.3 is 0 Å². The van der Waals surface area contributed by atoms with Gasteiger partial charge in [0.25, 0.3) is 17.7 Å². The van der Waals surface area contributed by atoms with Crippen LogP contribution in [0.5, 0.6) is 0 Å². The highest BCUT2D eigenvalue weighted by Crippen LogP contribution is 2.24. The molecule has 0 fully saturated rings. The zero-order chi connectivity index (χ0) is 21.6. The summed E-state index contributed by atoms with van der Waals surface area (Å²) in [5, 5.41) is 11.3. The van der Waals surface area contributed by atoms with Crippen LogP contribution in [0.2, 0.25) is 0 Å². The number of amides is 3. The van der Waals surface area contributed by atoms with E-state index in [1.807, 2.05) is 13.0 Å². The molecule has 3 amide bonds. The van der Waals surface area contributed by atoms with Crippen LogP contribution in [0.4, 0.5) is 0 Å². The lowest BCUT2D eigenvalue weighted by molar-refractivity contribution is -0.148. The summed E-state index contributed by atoms with van der Waals surface area (Å²) in [6.07, 6.45) is 1.60. The first kappa shape index (κ1) is 22.1. The minimum absolute atomic E-state index is 0.273. The number of benzene rings is 1. The molecule has 9 heteroatoms. The van der Waals surface area contributed by atoms with E-state index in [9.17, 15) is 14.4 Å². The normalized spacial score (nSPS) is 12.7. The molecule has 0 saturated heterocycles. The minimum atomic E-state index is -1.93. The third-order valence-corrected chi connectivity index (χ3v) is 4.76. The third kappa shape index (κ3) is 4.47. The van der Waals surface area contributed by atoms with Crippen LogP contribution in [-0.4, -0.2) is 54.1 Å². The predicted octanol–water partition coefficient (Wildman–Crippen LogP) is 1.57. The average molecular weight is 403 g/mol. The third-order valence-electron chi connectivity index (χ3n) is 4.76. The Bertz CT molecular complexity index is 859. The zero-order valence-corrected chi connectivity index (χ0v) is 16.8. The van der Waals surface area contributed by atoms with Crippen LogP contribution < -0.4 is 10.8 Å². The van der Waals surface area contributed by atoms with E-state index in [-0.39, 0.29) is 5.56 Å². The van der Waals surface area contributed by atoms with E-state index in [1.165, 1.54) is 26.5 Å². The summed E-state index contributed by atoms with van der Waals surface area (Å²) in [6, 6.07) is 8.50. The number of nitrogens with zero attached hydrogens (tertiary/aromatic N) is 1. The second-order valence-corrected chi connectivity index (χ2v) is 6.47. The van der Waals surface area contributed by atoms with Gasteiger partial charge in [0.1, 0.15) is 12.4 Å². The molecule has 0 spiro atoms. The van der Waals surface area contributed by atoms with E-state index in [1.54, 1.807) is 30.5 Å². The van der Waals surface area contributed by atoms with Crippen LogP contribution in [0.15, 0.2) is 41.0 Å². The number of hydrogen-bond donors (Lipinski definition) is 3. The maximum atomic E-state index is 12.9. The smallest absolute Gasteiger partial charge is 0.278 e. The second-order valence-electron chi connectivity index (χ2n) is 6.47. The lowest BCUT2D eigenvalue weighted by atomic mass is 9.96. The number of nitrogens with one attached hydrogen (secondary N) is 2. The molecular formula is C20H25N3O6. The standard InChI is InChI=1S/C20H25N3O6/c1-5-28-12-16-10-15(11-29-16)13-6-8-14(9-7-13)17(24)23(4)20(2,18(25)21-3)19(26)22-27/h6-11,27H,5,12H2,1-4H3,(H,21,25)(H,22,26)/t20-/m0/s1. The molecule has 0 radical (unpaired) electrons. The van der Waals surface area contributed by atoms with Gasteiger partial charge in [-0.05, 0) is 37.6 Å². The first-order valence-corrected chi connectivity index (χ1v) is 9.00. The molecule has 1 heterocycles. The summed E-state index contributed by atoms with van der Waals surface area (Å²) in [7, 11) is 2.65. The Hall–Kier alpha value is -3.17. The van der Waals surface area contributed by atoms with Gasteiger partial charge in [0.2, 0.25) is 0 Å². The van der Waals surface area contributed by atoms with Gasteiger partial charge in [0.15, 0.2) is 5.54 Å². The van der Waals surface area contributed by atoms with Crippen LogP contribution in [0.25, 0.3) is 11.1 Å². The molecule has 0 bridgehead atoms. The fourth-order valence-corrected chi connectivity index (χ4v) is 2.77. The molecule has 1 aromatic heterocycles. The van der Waals surface area contributed by atoms with Crippen molar-refractivity contribution in [3.8, 4) is 11.1 Å². The van der Waals surface area contributed by atoms with Crippen LogP contribution in [0.3, 0.4) is 0 Å². The molecular weight excluding hydrogens is 378 g/mol. The van der Waals surface area contributed by atoms with E-state index in [0.717, 1.165) is 16.0 Å². The SMILES string of the molecule is CCOCc1cc(-c2ccc(C(=O)N(C)[C@@](C)(C(=O)NC)C(=O)NO)cc2)co1. The lowest BCUT2D eigenvalue weighted by Crippen LogP contribution is -2.64. The largest absolute Gasteiger partial charge is 0.466 e. The molecule has 3 N–H and O–H groups in total. The number of rotatable bonds is 8. The van der Waals surface area contributed by atoms with Gasteiger partial charge in [-0.2, -0.15) is 0 Å². The summed E-state index contributed by atoms with van der Waals surface area (Å²) in [4.78, 5) is 38.1. The van der Waals surface area contributed by atoms with Crippen molar-refractivity contribution in [1.29, 1.82) is 0 Å². The maximum Gasteiger partial charge on any atom is 0.278 e. The topological polar surface area (TPSA) is 121 Å². The molecule has 9 nitrogen and oxygen atoms in total. The average Bonchev–Trinajstić information content (AvgIpc) is 3.23. The highest BCUT2D eigenvalue weighted by atomic mass is 16.5. The van der Waals surface area contributed by atoms with Crippen molar-refractivity contribution < 1.29 is 28.7 Å². The van der Waals surface area contributed by atoms with Crippen LogP contribution in [0.1, 0.15) is 30.0 Å². The van der Waals surface area contributed by atoms with Crippen LogP contribution in [0, 0.1) is 0 Å². The summed E-state index contributed by atoms with van der Waals surface area (Å²) < 4.78 is 10.8. The number of hydroxylamine groups is 1. The number of hydrogen-bond acceptors (Lipinski definition) is 6. The minimum Gasteiger partial charge on any atom is -0.466 e. The monoisotopic (exact) mass is 403 g/mol. The van der Waals surface area contributed by atoms with Crippen molar-refractivity contribution in [3.05, 3.63) is 47.9 Å². The van der Waals surface area contributed by atoms with Gasteiger partial charge < -0.3 is 19.4 Å². The lowest BCUT2D eigenvalue weighted by Gasteiger charge is -2.34. The summed E-state index contributed by atoms with van der Waals surface area (Å²) in [5.41, 5.74) is 1.45. The predicted molar refractivity (Wildman–Crippen MR) is 104 cm³/mol. The number of carbonyl (C=O) groups is 3. The molecule has 0 unspecified atom stereocenters. The molecule has 2 aromatic rings. The molecule has 29 heavy (non-hydrogen) atoms. The highest BCUT2D eigenvalue weighted by Gasteiger charge is 2.47. The van der Waals surface area contributed by atoms with Gasteiger partial charge in [-0.25, -0.2) is 5.48 Å². The van der Waals surface area contributed by atoms with Crippen molar-refractivity contribution in [2.75, 3.05) is 20.7 Å². The molecule has 0 aliphatic heterocycles. The van der Waals surface area contributed by atoms with Crippen molar-refractivity contribution in [2.24, 2.45) is 0 Å². The second kappa shape index (κ2) is 9.35. The number of carbonyl (C=O) groups excluding carboxylic acids is 3. The van der Waals surface area contributed by atoms with Gasteiger partial charge in [-0.1, -0.05) is 12.1 Å². The van der Waals surface area contributed by atoms with Gasteiger partial charge in [-0.15, -0.1) is 0 Å². The molecule has 1 atom stereocenters. The first-order chi connectivity index (χ1) is 13.8. The van der Waals surface area contributed by atoms with Crippen molar-refractivity contribution in [2.45, 2.75) is 26.0 Å². The number of likely N-dealkylation sites (N-methyl/N-ethyl adjacent to an activating group) is 2. The zero-order valence-electron chi connectivity index (χ0n) is 16.8. The van der Waals surface area contributed by atoms with E-state index in [2.05, 4.69) is 5.32 Å². The van der Waals surface area contributed by atoms with Gasteiger partial charge in [-0.3, -0.25) is 19.6 Å². The van der Waals surface area contributed by atoms with Crippen molar-refractivity contribution >= 4 is 17.7 Å². The van der Waals surface area contributed by atoms with E-state index in [4.69, 9.17) is 14.4 Å². The Morgan fingerprint density at radius 1 is 1.17 bits per heavy atom. The maximum absolute atomic E-state index is 12.9. The van der Waals surface area contributed by atoms with Gasteiger partial charge in [0, 0.05) is 31.8 Å². The summed E-state index contributed by atoms with van der Waals surface area (Å²) >= 11 is 0. The Labute approximate surface area is 168 Å². The summed E-state index contributed by atoms with van der Waals surface area (Å²) in [5.74, 6) is -1.63. The van der Waals surface area contributed by atoms with E-state index < -0.39 is 23.3 Å². The van der Waals surface area contributed by atoms with Crippen molar-refractivity contribution in [1.82, 2.24) is 15.7 Å². The molecule has 1 aromatic carbocycles. The quantitative estimate of drug-likeness (QED) is 0.349. The fraction of sp³-hybridized carbons (Fsp3) is 0.350. The summed E-state index contributed by atoms with van der Waals surface area (Å²) in [6.45, 7) is 4.11. The highest BCUT2D eigenvalue weighted by molar-refractivity contribution is 6.12. The molecule has 2 rings (SSSR count). The Balaban J connectivity index is 2.24. The molecule has 0 aliphatic rings. The Morgan fingerprint density at radius 2 is 1.83 bits per heavy atom. The van der Waals surface area contributed by atoms with E-state index >= 15 is 0 Å². The molecule has 156 valence electrons. The molecule has 0 aliphatic carbocycles. The number of furan rings is 1. The fourth-order valence-electron chi connectivity index (χ4n) is 2.77. The first-order valence-electron chi connectivity index (χ1n) is 9.00. The van der Waals surface area contributed by atoms with E-state index in [0.29, 0.717) is 19.0 Å². The van der Waals surface area contributed by atoms with Gasteiger partial charge in [0.05, 0.1) is 6.26 Å². The number of ether oxygens (including phenoxy) is 1. The van der Waals surface area contributed by atoms with Crippen molar-refractivity contribution in [3.63, 3.8) is 0 Å².